The fourth-order valence-electron chi connectivity index (χ4n) is 9.96. The molecule has 0 unspecified atom stereocenters. The Morgan fingerprint density at radius 3 is 2.00 bits per heavy atom. The van der Waals surface area contributed by atoms with Crippen molar-refractivity contribution in [1.82, 2.24) is 39.5 Å². The zero-order chi connectivity index (χ0) is 57.6. The van der Waals surface area contributed by atoms with Crippen LogP contribution in [0.25, 0.3) is 16.6 Å². The number of amides is 5. The summed E-state index contributed by atoms with van der Waals surface area (Å²) in [5.41, 5.74) is 1.000. The number of anilines is 4. The van der Waals surface area contributed by atoms with E-state index in [2.05, 4.69) is 41.5 Å². The Hall–Kier alpha value is -6.05. The molecular weight excluding hydrogens is 1130 g/mol. The second-order valence-electron chi connectivity index (χ2n) is 22.2. The molecule has 1 saturated carbocycles. The number of ether oxygens (including phenoxy) is 2. The molecule has 19 nitrogen and oxygen atoms in total. The first kappa shape index (κ1) is 62.5. The number of nitrogens with zero attached hydrogens (tertiary/aromatic N) is 10. The first-order valence-electron chi connectivity index (χ1n) is 26.7. The number of benzene rings is 3. The summed E-state index contributed by atoms with van der Waals surface area (Å²) in [5.74, 6) is -2.19. The van der Waals surface area contributed by atoms with Crippen LogP contribution < -0.4 is 64.7 Å². The van der Waals surface area contributed by atoms with E-state index >= 15 is 8.78 Å². The van der Waals surface area contributed by atoms with Gasteiger partial charge in [-0.1, -0.05) is 20.8 Å². The molecule has 0 atom stereocenters. The third-order valence-electron chi connectivity index (χ3n) is 14.0. The summed E-state index contributed by atoms with van der Waals surface area (Å²) in [6, 6.07) is 11.8. The van der Waals surface area contributed by atoms with Crippen LogP contribution in [0.1, 0.15) is 96.5 Å². The van der Waals surface area contributed by atoms with Crippen molar-refractivity contribution in [2.75, 3.05) is 92.6 Å². The van der Waals surface area contributed by atoms with Crippen molar-refractivity contribution in [2.24, 2.45) is 5.92 Å². The zero-order valence-electron chi connectivity index (χ0n) is 47.0. The van der Waals surface area contributed by atoms with Crippen LogP contribution in [0, 0.1) is 29.2 Å². The summed E-state index contributed by atoms with van der Waals surface area (Å²) in [7, 11) is 1.54. The number of piperazine rings is 2. The summed E-state index contributed by atoms with van der Waals surface area (Å²) in [5, 5.41) is 25.1. The molecule has 4 fully saturated rings. The Morgan fingerprint density at radius 2 is 1.42 bits per heavy atom. The molecule has 6 heterocycles. The SMILES string of the molecule is CC(C)(C)OC(=O)N1CCN(c2cc(F)c(Br)c(F)c2)CC1.CC(C)(C)[O-].COc1cc2nn(C3CCC(CCN4CCN(c5cc(F)c(N6CCC(=O)NC6=O)c(F)c5)CC4)CC3)cc2cc1C(=O)Nc1cnc2cccnn12.[Na+]. The van der Waals surface area contributed by atoms with Gasteiger partial charge in [0.2, 0.25) is 5.91 Å². The molecule has 0 spiro atoms. The van der Waals surface area contributed by atoms with Gasteiger partial charge in [-0.2, -0.15) is 14.7 Å². The number of halogens is 5. The molecule has 1 aliphatic carbocycles. The van der Waals surface area contributed by atoms with Gasteiger partial charge >= 0.3 is 41.7 Å². The number of imidazole rings is 1. The van der Waals surface area contributed by atoms with E-state index < -0.39 is 52.1 Å². The van der Waals surface area contributed by atoms with Gasteiger partial charge in [0.05, 0.1) is 34.9 Å². The van der Waals surface area contributed by atoms with Crippen molar-refractivity contribution in [1.29, 1.82) is 0 Å². The van der Waals surface area contributed by atoms with Crippen LogP contribution in [0.4, 0.5) is 50.0 Å². The zero-order valence-corrected chi connectivity index (χ0v) is 50.6. The average molecular weight is 1200 g/mol. The number of methoxy groups -OCH3 is 1. The van der Waals surface area contributed by atoms with E-state index in [9.17, 15) is 33.1 Å². The van der Waals surface area contributed by atoms with E-state index in [1.54, 1.807) is 54.7 Å². The minimum Gasteiger partial charge on any atom is -0.850 e. The first-order chi connectivity index (χ1) is 37.9. The van der Waals surface area contributed by atoms with E-state index in [0.29, 0.717) is 79.3 Å². The Labute approximate surface area is 498 Å². The number of rotatable bonds is 10. The van der Waals surface area contributed by atoms with Crippen LogP contribution in [0.5, 0.6) is 5.75 Å². The van der Waals surface area contributed by atoms with Gasteiger partial charge < -0.3 is 34.6 Å². The molecule has 3 aromatic carbocycles. The number of carbonyl (C=O) groups is 4. The minimum atomic E-state index is -0.823. The molecule has 3 aliphatic heterocycles. The number of nitrogens with one attached hydrogen (secondary N) is 2. The van der Waals surface area contributed by atoms with E-state index in [-0.39, 0.29) is 65.0 Å². The first-order valence-corrected chi connectivity index (χ1v) is 27.5. The number of hydrogen-bond donors (Lipinski definition) is 2. The summed E-state index contributed by atoms with van der Waals surface area (Å²) in [6.07, 6.45) is 10.2. The molecule has 6 aromatic rings. The van der Waals surface area contributed by atoms with E-state index in [4.69, 9.17) is 14.6 Å². The fourth-order valence-corrected chi connectivity index (χ4v) is 10.2. The summed E-state index contributed by atoms with van der Waals surface area (Å²) in [4.78, 5) is 62.0. The molecule has 10 rings (SSSR count). The standard InChI is InChI=1S/C37H40F2N10O4.C15H19BrF2N2O2.C4H9O.Na/c1-53-31-20-30-24(17-27(31)36(51)42-33-21-40-32-3-2-10-41-49(32)33)22-48(44-30)25-6-4-23(5-7-25)8-11-45-13-15-46(16-14-45)26-18-28(38)35(29(39)19-26)47-12-9-34(50)43-37(47)52;1-15(2,3)22-14(21)20-6-4-19(5-7-20)10-8-11(17)13(16)12(18)9-10;1-4(2,3)5;/h2-3,10,17-23,25H,4-9,11-16H2,1H3,(H,42,51)(H,43,50,52);8-9H,4-7H2,1-3H3;1-3H3;/q;;-1;+1. The largest absolute Gasteiger partial charge is 1.00 e. The van der Waals surface area contributed by atoms with Crippen molar-refractivity contribution in [3.63, 3.8) is 0 Å². The van der Waals surface area contributed by atoms with Crippen molar-refractivity contribution in [3.05, 3.63) is 100 Å². The number of aromatic nitrogens is 5. The Balaban J connectivity index is 0.000000281. The van der Waals surface area contributed by atoms with Gasteiger partial charge in [-0.05, 0) is 124 Å². The van der Waals surface area contributed by atoms with Gasteiger partial charge in [-0.15, -0.1) is 5.60 Å². The van der Waals surface area contributed by atoms with E-state index in [1.807, 2.05) is 53.6 Å². The second-order valence-corrected chi connectivity index (χ2v) is 23.0. The molecular formula is C56H68BrF4N12NaO7. The maximum Gasteiger partial charge on any atom is 1.00 e. The van der Waals surface area contributed by atoms with Crippen LogP contribution in [0.3, 0.4) is 0 Å². The topological polar surface area (TPSA) is 198 Å². The number of imide groups is 1. The van der Waals surface area contributed by atoms with Gasteiger partial charge in [-0.3, -0.25) is 29.4 Å². The molecule has 81 heavy (non-hydrogen) atoms. The number of carbonyl (C=O) groups excluding carboxylic acids is 4. The number of fused-ring (bicyclic) bond motifs is 2. The maximum atomic E-state index is 15.1. The molecule has 430 valence electrons. The van der Waals surface area contributed by atoms with E-state index in [0.717, 1.165) is 67.5 Å². The monoisotopic (exact) mass is 1200 g/mol. The molecule has 25 heteroatoms. The third-order valence-corrected chi connectivity index (χ3v) is 14.7. The Morgan fingerprint density at radius 1 is 0.827 bits per heavy atom. The predicted octanol–water partition coefficient (Wildman–Crippen LogP) is 5.94. The van der Waals surface area contributed by atoms with Crippen molar-refractivity contribution < 1.29 is 80.9 Å². The van der Waals surface area contributed by atoms with Crippen LogP contribution >= 0.6 is 15.9 Å². The third kappa shape index (κ3) is 16.4. The summed E-state index contributed by atoms with van der Waals surface area (Å²) < 4.78 is 71.7. The smallest absolute Gasteiger partial charge is 0.850 e. The van der Waals surface area contributed by atoms with Crippen molar-refractivity contribution >= 4 is 79.3 Å². The molecule has 5 amide bonds. The number of urea groups is 1. The minimum absolute atomic E-state index is 0. The van der Waals surface area contributed by atoms with Gasteiger partial charge in [0.25, 0.3) is 5.91 Å². The molecule has 0 radical (unpaired) electrons. The van der Waals surface area contributed by atoms with Crippen LogP contribution in [-0.4, -0.2) is 142 Å². The molecule has 3 aromatic heterocycles. The quantitative estimate of drug-likeness (QED) is 0.0930. The normalized spacial score (nSPS) is 18.1. The molecule has 2 N–H and O–H groups in total. The Kier molecular flexibility index (Phi) is 20.8. The van der Waals surface area contributed by atoms with Gasteiger partial charge in [-0.25, -0.2) is 32.1 Å². The van der Waals surface area contributed by atoms with Crippen LogP contribution in [0.2, 0.25) is 0 Å². The molecule has 3 saturated heterocycles. The van der Waals surface area contributed by atoms with Crippen molar-refractivity contribution in [2.45, 2.75) is 97.3 Å². The van der Waals surface area contributed by atoms with Gasteiger partial charge in [0.1, 0.15) is 28.7 Å². The maximum absolute atomic E-state index is 15.1. The van der Waals surface area contributed by atoms with E-state index in [1.165, 1.54) is 31.4 Å². The average Bonchev–Trinajstić information content (AvgIpc) is 4.04. The van der Waals surface area contributed by atoms with Crippen molar-refractivity contribution in [3.8, 4) is 5.75 Å². The van der Waals surface area contributed by atoms with Crippen LogP contribution in [0.15, 0.2) is 71.6 Å². The molecule has 0 bridgehead atoms. The summed E-state index contributed by atoms with van der Waals surface area (Å²) >= 11 is 2.86. The second kappa shape index (κ2) is 26.9. The van der Waals surface area contributed by atoms with Gasteiger partial charge in [0.15, 0.2) is 23.1 Å². The Bertz CT molecular complexity index is 3150. The van der Waals surface area contributed by atoms with Gasteiger partial charge in [0, 0.05) is 101 Å². The predicted molar refractivity (Wildman–Crippen MR) is 297 cm³/mol. The molecule has 4 aliphatic rings. The summed E-state index contributed by atoms with van der Waals surface area (Å²) in [6.45, 7) is 16.0. The van der Waals surface area contributed by atoms with Crippen LogP contribution in [-0.2, 0) is 9.53 Å². The fraction of sp³-hybridized carbons (Fsp3) is 0.482. The number of hydrogen-bond acceptors (Lipinski definition) is 13.